The van der Waals surface area contributed by atoms with Crippen LogP contribution in [-0.2, 0) is 11.2 Å². The summed E-state index contributed by atoms with van der Waals surface area (Å²) in [6, 6.07) is 20.0. The summed E-state index contributed by atoms with van der Waals surface area (Å²) in [7, 11) is 1.61. The second-order valence-electron chi connectivity index (χ2n) is 8.30. The highest BCUT2D eigenvalue weighted by molar-refractivity contribution is 9.10. The lowest BCUT2D eigenvalue weighted by Crippen LogP contribution is -2.19. The number of nitrogens with zero attached hydrogens (tertiary/aromatic N) is 3. The second-order valence-corrected chi connectivity index (χ2v) is 9.65. The normalized spacial score (nSPS) is 13.4. The minimum atomic E-state index is -0.152. The van der Waals surface area contributed by atoms with E-state index in [4.69, 9.17) is 16.3 Å². The van der Waals surface area contributed by atoms with Crippen molar-refractivity contribution in [2.75, 3.05) is 12.1 Å². The van der Waals surface area contributed by atoms with E-state index in [2.05, 4.69) is 21.0 Å². The van der Waals surface area contributed by atoms with Gasteiger partial charge < -0.3 is 4.74 Å². The predicted molar refractivity (Wildman–Crippen MR) is 142 cm³/mol. The molecular weight excluding hydrogens is 530 g/mol. The van der Waals surface area contributed by atoms with Crippen LogP contribution < -0.4 is 9.75 Å². The number of fused-ring (bicyclic) bond motifs is 1. The number of hydrogen-bond donors (Lipinski definition) is 0. The molecule has 0 saturated heterocycles. The van der Waals surface area contributed by atoms with Crippen LogP contribution in [0, 0.1) is 6.92 Å². The number of amides is 1. The average molecular weight is 551 g/mol. The van der Waals surface area contributed by atoms with Crippen molar-refractivity contribution in [1.29, 1.82) is 0 Å². The van der Waals surface area contributed by atoms with Crippen molar-refractivity contribution in [3.05, 3.63) is 93.0 Å². The first-order valence-corrected chi connectivity index (χ1v) is 12.2. The van der Waals surface area contributed by atoms with Crippen molar-refractivity contribution < 1.29 is 14.3 Å². The Balaban J connectivity index is 1.58. The zero-order valence-electron chi connectivity index (χ0n) is 19.1. The predicted octanol–water partition coefficient (Wildman–Crippen LogP) is 6.40. The molecule has 2 heterocycles. The summed E-state index contributed by atoms with van der Waals surface area (Å²) in [6.07, 6.45) is 0.653. The summed E-state index contributed by atoms with van der Waals surface area (Å²) in [6.45, 7) is 1.92. The molecule has 1 aromatic heterocycles. The van der Waals surface area contributed by atoms with Gasteiger partial charge in [0.2, 0.25) is 0 Å². The van der Waals surface area contributed by atoms with Gasteiger partial charge in [-0.25, -0.2) is 5.01 Å². The maximum absolute atomic E-state index is 13.5. The fourth-order valence-corrected chi connectivity index (χ4v) is 4.90. The van der Waals surface area contributed by atoms with Crippen molar-refractivity contribution in [2.45, 2.75) is 19.8 Å². The van der Waals surface area contributed by atoms with Gasteiger partial charge in [0, 0.05) is 32.6 Å². The number of carbonyl (C=O) groups is 2. The van der Waals surface area contributed by atoms with E-state index in [-0.39, 0.29) is 18.2 Å². The highest BCUT2D eigenvalue weighted by Gasteiger charge is 2.28. The van der Waals surface area contributed by atoms with E-state index in [0.717, 1.165) is 32.3 Å². The van der Waals surface area contributed by atoms with Crippen molar-refractivity contribution in [1.82, 2.24) is 4.57 Å². The van der Waals surface area contributed by atoms with Crippen molar-refractivity contribution in [2.24, 2.45) is 5.10 Å². The van der Waals surface area contributed by atoms with Crippen molar-refractivity contribution in [3.8, 4) is 5.75 Å². The Hall–Kier alpha value is -3.42. The highest BCUT2D eigenvalue weighted by atomic mass is 79.9. The van der Waals surface area contributed by atoms with Crippen molar-refractivity contribution >= 4 is 61.6 Å². The molecule has 5 rings (SSSR count). The third-order valence-electron chi connectivity index (χ3n) is 6.10. The van der Waals surface area contributed by atoms with Crippen LogP contribution in [0.1, 0.15) is 28.0 Å². The van der Waals surface area contributed by atoms with Gasteiger partial charge in [-0.3, -0.25) is 14.2 Å². The first-order chi connectivity index (χ1) is 16.9. The fourth-order valence-electron chi connectivity index (χ4n) is 4.39. The standard InChI is InChI=1S/C27H21BrClN3O3/c1-16-23(13-20-14-26(33)32(30-20)21-5-3-4-18(28)12-21)24-15-22(35-2)10-11-25(24)31(16)27(34)17-6-8-19(29)9-7-17/h3-12,15H,13-14H2,1-2H3. The van der Waals surface area contributed by atoms with Crippen LogP contribution in [0.2, 0.25) is 5.02 Å². The van der Waals surface area contributed by atoms with Gasteiger partial charge in [-0.1, -0.05) is 33.6 Å². The molecule has 1 aliphatic heterocycles. The molecule has 0 fully saturated rings. The van der Waals surface area contributed by atoms with Crippen LogP contribution in [-0.4, -0.2) is 29.2 Å². The molecule has 176 valence electrons. The lowest BCUT2D eigenvalue weighted by molar-refractivity contribution is -0.116. The fraction of sp³-hybridized carbons (Fsp3) is 0.148. The van der Waals surface area contributed by atoms with Gasteiger partial charge in [-0.15, -0.1) is 0 Å². The zero-order valence-corrected chi connectivity index (χ0v) is 21.4. The lowest BCUT2D eigenvalue weighted by atomic mass is 10.0. The summed E-state index contributed by atoms with van der Waals surface area (Å²) >= 11 is 9.47. The summed E-state index contributed by atoms with van der Waals surface area (Å²) < 4.78 is 8.03. The van der Waals surface area contributed by atoms with Gasteiger partial charge in [-0.2, -0.15) is 5.10 Å². The van der Waals surface area contributed by atoms with E-state index >= 15 is 0 Å². The van der Waals surface area contributed by atoms with Gasteiger partial charge in [0.15, 0.2) is 0 Å². The minimum absolute atomic E-state index is 0.0886. The van der Waals surface area contributed by atoms with Gasteiger partial charge in [-0.05, 0) is 73.2 Å². The summed E-state index contributed by atoms with van der Waals surface area (Å²) in [5, 5.41) is 7.52. The smallest absolute Gasteiger partial charge is 0.262 e. The largest absolute Gasteiger partial charge is 0.497 e. The SMILES string of the molecule is COc1ccc2c(c1)c(CC1=NN(c3cccc(Br)c3)C(=O)C1)c(C)n2C(=O)c1ccc(Cl)cc1. The lowest BCUT2D eigenvalue weighted by Gasteiger charge is -2.11. The third kappa shape index (κ3) is 4.37. The quantitative estimate of drug-likeness (QED) is 0.289. The molecular formula is C27H21BrClN3O3. The maximum atomic E-state index is 13.5. The number of rotatable bonds is 5. The molecule has 0 atom stereocenters. The Labute approximate surface area is 215 Å². The molecule has 0 bridgehead atoms. The van der Waals surface area contributed by atoms with Crippen LogP contribution in [0.15, 0.2) is 76.3 Å². The van der Waals surface area contributed by atoms with Crippen LogP contribution in [0.5, 0.6) is 5.75 Å². The van der Waals surface area contributed by atoms with Gasteiger partial charge >= 0.3 is 0 Å². The molecule has 0 aliphatic carbocycles. The summed E-state index contributed by atoms with van der Waals surface area (Å²) in [5.41, 5.74) is 4.48. The molecule has 6 nitrogen and oxygen atoms in total. The molecule has 1 aliphatic rings. The van der Waals surface area contributed by atoms with Crippen LogP contribution >= 0.6 is 27.5 Å². The topological polar surface area (TPSA) is 63.9 Å². The Morgan fingerprint density at radius 1 is 1.11 bits per heavy atom. The summed E-state index contributed by atoms with van der Waals surface area (Å²) in [4.78, 5) is 26.3. The monoisotopic (exact) mass is 549 g/mol. The zero-order chi connectivity index (χ0) is 24.7. The van der Waals surface area contributed by atoms with Gasteiger partial charge in [0.25, 0.3) is 11.8 Å². The third-order valence-corrected chi connectivity index (χ3v) is 6.85. The number of hydrogen-bond acceptors (Lipinski definition) is 4. The van der Waals surface area contributed by atoms with E-state index in [0.29, 0.717) is 28.4 Å². The summed E-state index contributed by atoms with van der Waals surface area (Å²) in [5.74, 6) is 0.449. The molecule has 1 amide bonds. The number of aromatic nitrogens is 1. The first kappa shape index (κ1) is 23.3. The second kappa shape index (κ2) is 9.32. The molecule has 0 unspecified atom stereocenters. The molecule has 4 aromatic rings. The maximum Gasteiger partial charge on any atom is 0.262 e. The van der Waals surface area contributed by atoms with Crippen molar-refractivity contribution in [3.63, 3.8) is 0 Å². The molecule has 0 radical (unpaired) electrons. The molecule has 0 spiro atoms. The minimum Gasteiger partial charge on any atom is -0.497 e. The number of carbonyl (C=O) groups excluding carboxylic acids is 2. The van der Waals surface area contributed by atoms with E-state index in [1.54, 1.807) is 35.9 Å². The Morgan fingerprint density at radius 2 is 1.89 bits per heavy atom. The van der Waals surface area contributed by atoms with E-state index < -0.39 is 0 Å². The number of anilines is 1. The molecule has 0 N–H and O–H groups in total. The number of benzene rings is 3. The Kier molecular flexibility index (Phi) is 6.21. The van der Waals surface area contributed by atoms with Crippen LogP contribution in [0.4, 0.5) is 5.69 Å². The molecule has 8 heteroatoms. The number of ether oxygens (including phenoxy) is 1. The van der Waals surface area contributed by atoms with E-state index in [1.807, 2.05) is 49.4 Å². The Bertz CT molecular complexity index is 1510. The first-order valence-electron chi connectivity index (χ1n) is 11.0. The van der Waals surface area contributed by atoms with Crippen LogP contribution in [0.3, 0.4) is 0 Å². The Morgan fingerprint density at radius 3 is 2.60 bits per heavy atom. The molecule has 35 heavy (non-hydrogen) atoms. The average Bonchev–Trinajstić information content (AvgIpc) is 3.35. The number of hydrazone groups is 1. The number of methoxy groups -OCH3 is 1. The molecule has 0 saturated carbocycles. The van der Waals surface area contributed by atoms with E-state index in [1.165, 1.54) is 5.01 Å². The number of halogens is 2. The van der Waals surface area contributed by atoms with E-state index in [9.17, 15) is 9.59 Å². The van der Waals surface area contributed by atoms with Gasteiger partial charge in [0.05, 0.1) is 30.4 Å². The van der Waals surface area contributed by atoms with Crippen LogP contribution in [0.25, 0.3) is 10.9 Å². The molecule has 3 aromatic carbocycles. The van der Waals surface area contributed by atoms with Gasteiger partial charge in [0.1, 0.15) is 5.75 Å². The highest BCUT2D eigenvalue weighted by Crippen LogP contribution is 2.32.